The Labute approximate surface area is 117 Å². The standard InChI is InChI=1S/C13H9FN4O3/c1-21-9-5-15-13-16-12(7-17(13)6-9)10-4-8(18(19)20)2-3-11(10)14/h2-7H,1H3. The minimum absolute atomic E-state index is 0.0497. The van der Waals surface area contributed by atoms with Gasteiger partial charge in [-0.15, -0.1) is 0 Å². The highest BCUT2D eigenvalue weighted by Crippen LogP contribution is 2.26. The predicted molar refractivity (Wildman–Crippen MR) is 71.6 cm³/mol. The van der Waals surface area contributed by atoms with Crippen molar-refractivity contribution in [3.05, 3.63) is 52.7 Å². The van der Waals surface area contributed by atoms with Crippen LogP contribution in [0.5, 0.6) is 5.75 Å². The number of nitrogens with zero attached hydrogens (tertiary/aromatic N) is 4. The lowest BCUT2D eigenvalue weighted by atomic mass is 10.1. The molecule has 0 atom stereocenters. The Balaban J connectivity index is 2.15. The van der Waals surface area contributed by atoms with Crippen LogP contribution in [0.4, 0.5) is 10.1 Å². The molecule has 0 spiro atoms. The first-order valence-corrected chi connectivity index (χ1v) is 5.91. The maximum Gasteiger partial charge on any atom is 0.270 e. The fraction of sp³-hybridized carbons (Fsp3) is 0.0769. The van der Waals surface area contributed by atoms with E-state index < -0.39 is 10.7 Å². The van der Waals surface area contributed by atoms with Crippen LogP contribution in [0.3, 0.4) is 0 Å². The van der Waals surface area contributed by atoms with Crippen LogP contribution in [0.25, 0.3) is 17.0 Å². The van der Waals surface area contributed by atoms with Gasteiger partial charge in [-0.05, 0) is 6.07 Å². The number of ether oxygens (including phenoxy) is 1. The number of hydrogen-bond donors (Lipinski definition) is 0. The van der Waals surface area contributed by atoms with Crippen molar-refractivity contribution in [1.29, 1.82) is 0 Å². The Kier molecular flexibility index (Phi) is 2.98. The third-order valence-electron chi connectivity index (χ3n) is 2.96. The summed E-state index contributed by atoms with van der Waals surface area (Å²) in [7, 11) is 1.50. The van der Waals surface area contributed by atoms with E-state index in [2.05, 4.69) is 9.97 Å². The molecule has 7 nitrogen and oxygen atoms in total. The number of nitro benzene ring substituents is 1. The first-order chi connectivity index (χ1) is 10.1. The zero-order chi connectivity index (χ0) is 15.0. The molecule has 0 saturated heterocycles. The molecule has 3 rings (SSSR count). The molecule has 0 N–H and O–H groups in total. The smallest absolute Gasteiger partial charge is 0.270 e. The molecule has 106 valence electrons. The summed E-state index contributed by atoms with van der Waals surface area (Å²) < 4.78 is 20.5. The normalized spacial score (nSPS) is 10.8. The van der Waals surface area contributed by atoms with Gasteiger partial charge in [0.05, 0.1) is 30.1 Å². The van der Waals surface area contributed by atoms with E-state index in [0.717, 1.165) is 18.2 Å². The molecule has 1 aromatic carbocycles. The van der Waals surface area contributed by atoms with E-state index in [1.165, 1.54) is 19.5 Å². The van der Waals surface area contributed by atoms with Crippen molar-refractivity contribution in [3.8, 4) is 17.0 Å². The zero-order valence-electron chi connectivity index (χ0n) is 10.9. The zero-order valence-corrected chi connectivity index (χ0v) is 10.9. The fourth-order valence-electron chi connectivity index (χ4n) is 1.92. The van der Waals surface area contributed by atoms with Crippen LogP contribution in [0.15, 0.2) is 36.8 Å². The number of non-ortho nitro benzene ring substituents is 1. The van der Waals surface area contributed by atoms with E-state index in [-0.39, 0.29) is 16.9 Å². The first-order valence-electron chi connectivity index (χ1n) is 5.91. The predicted octanol–water partition coefficient (Wildman–Crippen LogP) is 2.45. The number of halogens is 1. The van der Waals surface area contributed by atoms with E-state index in [0.29, 0.717) is 11.5 Å². The number of imidazole rings is 1. The van der Waals surface area contributed by atoms with Crippen LogP contribution >= 0.6 is 0 Å². The number of nitro groups is 1. The molecular formula is C13H9FN4O3. The SMILES string of the molecule is COc1cnc2nc(-c3cc([N+](=O)[O-])ccc3F)cn2c1. The monoisotopic (exact) mass is 288 g/mol. The van der Waals surface area contributed by atoms with Gasteiger partial charge in [-0.1, -0.05) is 0 Å². The molecule has 3 aromatic rings. The van der Waals surface area contributed by atoms with Crippen molar-refractivity contribution in [2.45, 2.75) is 0 Å². The number of aromatic nitrogens is 3. The lowest BCUT2D eigenvalue weighted by Gasteiger charge is -1.98. The van der Waals surface area contributed by atoms with Crippen LogP contribution in [-0.4, -0.2) is 26.4 Å². The Bertz CT molecular complexity index is 847. The van der Waals surface area contributed by atoms with Crippen molar-refractivity contribution in [1.82, 2.24) is 14.4 Å². The quantitative estimate of drug-likeness (QED) is 0.546. The van der Waals surface area contributed by atoms with Crippen LogP contribution in [-0.2, 0) is 0 Å². The van der Waals surface area contributed by atoms with E-state index in [4.69, 9.17) is 4.74 Å². The molecule has 0 radical (unpaired) electrons. The average Bonchev–Trinajstić information content (AvgIpc) is 2.89. The summed E-state index contributed by atoms with van der Waals surface area (Å²) in [6, 6.07) is 3.30. The van der Waals surface area contributed by atoms with Gasteiger partial charge in [0.15, 0.2) is 5.75 Å². The van der Waals surface area contributed by atoms with Gasteiger partial charge >= 0.3 is 0 Å². The fourth-order valence-corrected chi connectivity index (χ4v) is 1.92. The van der Waals surface area contributed by atoms with Gasteiger partial charge in [0.25, 0.3) is 5.69 Å². The summed E-state index contributed by atoms with van der Waals surface area (Å²) in [6.07, 6.45) is 4.65. The van der Waals surface area contributed by atoms with Gasteiger partial charge in [-0.3, -0.25) is 14.5 Å². The molecule has 2 heterocycles. The molecule has 0 unspecified atom stereocenters. The molecule has 0 amide bonds. The van der Waals surface area contributed by atoms with Crippen LogP contribution in [0.1, 0.15) is 0 Å². The third-order valence-corrected chi connectivity index (χ3v) is 2.96. The van der Waals surface area contributed by atoms with Gasteiger partial charge < -0.3 is 4.74 Å². The summed E-state index contributed by atoms with van der Waals surface area (Å²) in [6.45, 7) is 0. The Hall–Kier alpha value is -3.03. The molecule has 0 saturated carbocycles. The lowest BCUT2D eigenvalue weighted by molar-refractivity contribution is -0.384. The molecule has 21 heavy (non-hydrogen) atoms. The van der Waals surface area contributed by atoms with Crippen molar-refractivity contribution in [2.24, 2.45) is 0 Å². The van der Waals surface area contributed by atoms with E-state index in [1.54, 1.807) is 10.6 Å². The summed E-state index contributed by atoms with van der Waals surface area (Å²) in [4.78, 5) is 18.4. The Morgan fingerprint density at radius 3 is 2.90 bits per heavy atom. The molecule has 0 fully saturated rings. The Morgan fingerprint density at radius 1 is 1.38 bits per heavy atom. The second kappa shape index (κ2) is 4.82. The van der Waals surface area contributed by atoms with Crippen LogP contribution in [0.2, 0.25) is 0 Å². The van der Waals surface area contributed by atoms with Gasteiger partial charge in [-0.25, -0.2) is 14.4 Å². The van der Waals surface area contributed by atoms with Crippen molar-refractivity contribution < 1.29 is 14.1 Å². The van der Waals surface area contributed by atoms with Crippen LogP contribution < -0.4 is 4.74 Å². The highest BCUT2D eigenvalue weighted by atomic mass is 19.1. The molecule has 0 aliphatic rings. The second-order valence-corrected chi connectivity index (χ2v) is 4.25. The molecule has 8 heteroatoms. The average molecular weight is 288 g/mol. The number of hydrogen-bond acceptors (Lipinski definition) is 5. The topological polar surface area (TPSA) is 82.6 Å². The van der Waals surface area contributed by atoms with Crippen molar-refractivity contribution in [2.75, 3.05) is 7.11 Å². The number of methoxy groups -OCH3 is 1. The van der Waals surface area contributed by atoms with Crippen LogP contribution in [0, 0.1) is 15.9 Å². The first kappa shape index (κ1) is 13.0. The number of rotatable bonds is 3. The Morgan fingerprint density at radius 2 is 2.19 bits per heavy atom. The molecule has 0 bridgehead atoms. The van der Waals surface area contributed by atoms with E-state index in [1.807, 2.05) is 0 Å². The van der Waals surface area contributed by atoms with E-state index >= 15 is 0 Å². The maximum absolute atomic E-state index is 13.9. The minimum Gasteiger partial charge on any atom is -0.494 e. The van der Waals surface area contributed by atoms with Gasteiger partial charge in [-0.2, -0.15) is 0 Å². The summed E-state index contributed by atoms with van der Waals surface area (Å²) in [5.41, 5.74) is 0.111. The number of benzene rings is 1. The van der Waals surface area contributed by atoms with Gasteiger partial charge in [0, 0.05) is 23.9 Å². The second-order valence-electron chi connectivity index (χ2n) is 4.25. The van der Waals surface area contributed by atoms with Gasteiger partial charge in [0.1, 0.15) is 5.82 Å². The largest absolute Gasteiger partial charge is 0.494 e. The summed E-state index contributed by atoms with van der Waals surface area (Å²) in [5.74, 6) is 0.277. The third kappa shape index (κ3) is 2.27. The van der Waals surface area contributed by atoms with Crippen molar-refractivity contribution in [3.63, 3.8) is 0 Å². The summed E-state index contributed by atoms with van der Waals surface area (Å²) in [5, 5.41) is 10.8. The molecule has 2 aromatic heterocycles. The van der Waals surface area contributed by atoms with E-state index in [9.17, 15) is 14.5 Å². The number of fused-ring (bicyclic) bond motifs is 1. The van der Waals surface area contributed by atoms with Crippen molar-refractivity contribution >= 4 is 11.5 Å². The van der Waals surface area contributed by atoms with Gasteiger partial charge in [0.2, 0.25) is 5.78 Å². The summed E-state index contributed by atoms with van der Waals surface area (Å²) >= 11 is 0. The highest BCUT2D eigenvalue weighted by Gasteiger charge is 2.15. The molecule has 0 aliphatic heterocycles. The highest BCUT2D eigenvalue weighted by molar-refractivity contribution is 5.65. The lowest BCUT2D eigenvalue weighted by Crippen LogP contribution is -1.91. The molecular weight excluding hydrogens is 279 g/mol. The maximum atomic E-state index is 13.9. The minimum atomic E-state index is -0.587. The molecule has 0 aliphatic carbocycles.